The van der Waals surface area contributed by atoms with Crippen LogP contribution >= 0.6 is 11.3 Å². The molecule has 0 bridgehead atoms. The minimum atomic E-state index is 0.250. The zero-order chi connectivity index (χ0) is 10.4. The molecule has 1 aromatic rings. The van der Waals surface area contributed by atoms with Crippen LogP contribution in [0, 0.1) is 6.92 Å². The first-order chi connectivity index (χ1) is 6.76. The SMILES string of the molecule is COCCC(Cc1nc(C)cs1)NN. The average molecular weight is 215 g/mol. The topological polar surface area (TPSA) is 60.2 Å². The third-order valence-corrected chi connectivity index (χ3v) is 2.98. The second kappa shape index (κ2) is 6.08. The lowest BCUT2D eigenvalue weighted by molar-refractivity contribution is 0.182. The van der Waals surface area contributed by atoms with E-state index in [0.717, 1.165) is 30.2 Å². The summed E-state index contributed by atoms with van der Waals surface area (Å²) in [5.74, 6) is 5.44. The van der Waals surface area contributed by atoms with Gasteiger partial charge in [0.25, 0.3) is 0 Å². The van der Waals surface area contributed by atoms with E-state index in [0.29, 0.717) is 0 Å². The van der Waals surface area contributed by atoms with Crippen molar-refractivity contribution in [3.8, 4) is 0 Å². The van der Waals surface area contributed by atoms with E-state index in [-0.39, 0.29) is 6.04 Å². The van der Waals surface area contributed by atoms with E-state index in [1.54, 1.807) is 18.4 Å². The molecule has 0 aliphatic carbocycles. The number of nitrogens with zero attached hydrogens (tertiary/aromatic N) is 1. The van der Waals surface area contributed by atoms with Crippen LogP contribution in [-0.4, -0.2) is 24.7 Å². The first-order valence-electron chi connectivity index (χ1n) is 4.62. The fraction of sp³-hybridized carbons (Fsp3) is 0.667. The highest BCUT2D eigenvalue weighted by atomic mass is 32.1. The van der Waals surface area contributed by atoms with Crippen molar-refractivity contribution in [1.82, 2.24) is 10.4 Å². The van der Waals surface area contributed by atoms with Crippen molar-refractivity contribution < 1.29 is 4.74 Å². The van der Waals surface area contributed by atoms with Crippen molar-refractivity contribution >= 4 is 11.3 Å². The molecule has 1 unspecified atom stereocenters. The molecule has 1 atom stereocenters. The number of nitrogens with two attached hydrogens (primary N) is 1. The molecular formula is C9H17N3OS. The summed E-state index contributed by atoms with van der Waals surface area (Å²) in [7, 11) is 1.70. The summed E-state index contributed by atoms with van der Waals surface area (Å²) < 4.78 is 5.00. The third kappa shape index (κ3) is 3.71. The van der Waals surface area contributed by atoms with Gasteiger partial charge in [-0.2, -0.15) is 0 Å². The number of aryl methyl sites for hydroxylation is 1. The summed E-state index contributed by atoms with van der Waals surface area (Å²) in [5, 5.41) is 3.18. The first kappa shape index (κ1) is 11.6. The minimum Gasteiger partial charge on any atom is -0.385 e. The number of hydrogen-bond acceptors (Lipinski definition) is 5. The van der Waals surface area contributed by atoms with Gasteiger partial charge in [0.2, 0.25) is 0 Å². The molecule has 0 radical (unpaired) electrons. The van der Waals surface area contributed by atoms with Gasteiger partial charge in [0.05, 0.1) is 5.01 Å². The standard InChI is InChI=1S/C9H17N3OS/c1-7-6-14-9(11-7)5-8(12-10)3-4-13-2/h6,8,12H,3-5,10H2,1-2H3. The van der Waals surface area contributed by atoms with Gasteiger partial charge in [-0.1, -0.05) is 0 Å². The summed E-state index contributed by atoms with van der Waals surface area (Å²) in [6.45, 7) is 2.72. The molecule has 4 nitrogen and oxygen atoms in total. The second-order valence-corrected chi connectivity index (χ2v) is 4.17. The predicted molar refractivity (Wildman–Crippen MR) is 58.2 cm³/mol. The molecule has 1 heterocycles. The normalized spacial score (nSPS) is 13.1. The Morgan fingerprint density at radius 2 is 2.50 bits per heavy atom. The van der Waals surface area contributed by atoms with E-state index in [4.69, 9.17) is 10.6 Å². The average Bonchev–Trinajstić information content (AvgIpc) is 2.58. The molecule has 0 aliphatic heterocycles. The molecule has 5 heteroatoms. The maximum absolute atomic E-state index is 5.44. The molecule has 0 aliphatic rings. The van der Waals surface area contributed by atoms with Crippen LogP contribution in [0.2, 0.25) is 0 Å². The fourth-order valence-electron chi connectivity index (χ4n) is 1.21. The van der Waals surface area contributed by atoms with Crippen molar-refractivity contribution in [2.75, 3.05) is 13.7 Å². The number of hydrazine groups is 1. The maximum Gasteiger partial charge on any atom is 0.0944 e. The van der Waals surface area contributed by atoms with Crippen LogP contribution in [0.3, 0.4) is 0 Å². The Kier molecular flexibility index (Phi) is 5.03. The van der Waals surface area contributed by atoms with Crippen molar-refractivity contribution in [3.63, 3.8) is 0 Å². The van der Waals surface area contributed by atoms with Crippen molar-refractivity contribution in [2.24, 2.45) is 5.84 Å². The van der Waals surface area contributed by atoms with E-state index in [1.165, 1.54) is 0 Å². The molecule has 0 aromatic carbocycles. The molecule has 0 saturated heterocycles. The Morgan fingerprint density at radius 3 is 3.00 bits per heavy atom. The van der Waals surface area contributed by atoms with Crippen LogP contribution in [-0.2, 0) is 11.2 Å². The Morgan fingerprint density at radius 1 is 1.71 bits per heavy atom. The van der Waals surface area contributed by atoms with Crippen LogP contribution in [0.4, 0.5) is 0 Å². The van der Waals surface area contributed by atoms with Crippen molar-refractivity contribution in [3.05, 3.63) is 16.1 Å². The maximum atomic E-state index is 5.44. The van der Waals surface area contributed by atoms with Crippen molar-refractivity contribution in [2.45, 2.75) is 25.8 Å². The summed E-state index contributed by atoms with van der Waals surface area (Å²) >= 11 is 1.68. The number of ether oxygens (including phenoxy) is 1. The van der Waals surface area contributed by atoms with E-state index in [9.17, 15) is 0 Å². The number of rotatable bonds is 6. The van der Waals surface area contributed by atoms with E-state index >= 15 is 0 Å². The third-order valence-electron chi connectivity index (χ3n) is 1.99. The zero-order valence-electron chi connectivity index (χ0n) is 8.62. The van der Waals surface area contributed by atoms with Crippen LogP contribution in [0.1, 0.15) is 17.1 Å². The van der Waals surface area contributed by atoms with Gasteiger partial charge >= 0.3 is 0 Å². The van der Waals surface area contributed by atoms with Gasteiger partial charge in [0.15, 0.2) is 0 Å². The highest BCUT2D eigenvalue weighted by Gasteiger charge is 2.09. The molecule has 1 rings (SSSR count). The second-order valence-electron chi connectivity index (χ2n) is 3.23. The molecule has 1 aromatic heterocycles. The smallest absolute Gasteiger partial charge is 0.0944 e. The summed E-state index contributed by atoms with van der Waals surface area (Å²) in [4.78, 5) is 4.39. The monoisotopic (exact) mass is 215 g/mol. The quantitative estimate of drug-likeness (QED) is 0.546. The molecule has 0 saturated carbocycles. The van der Waals surface area contributed by atoms with Gasteiger partial charge < -0.3 is 4.74 Å². The number of methoxy groups -OCH3 is 1. The largest absolute Gasteiger partial charge is 0.385 e. The summed E-state index contributed by atoms with van der Waals surface area (Å²) in [6, 6.07) is 0.250. The predicted octanol–water partition coefficient (Wildman–Crippen LogP) is 0.862. The number of hydrogen-bond donors (Lipinski definition) is 2. The molecule has 80 valence electrons. The lowest BCUT2D eigenvalue weighted by Crippen LogP contribution is -2.37. The molecule has 0 fully saturated rings. The molecule has 0 spiro atoms. The Bertz CT molecular complexity index is 264. The van der Waals surface area contributed by atoms with Crippen LogP contribution < -0.4 is 11.3 Å². The Balaban J connectivity index is 2.40. The molecule has 3 N–H and O–H groups in total. The van der Waals surface area contributed by atoms with Gasteiger partial charge in [0, 0.05) is 37.3 Å². The van der Waals surface area contributed by atoms with E-state index in [2.05, 4.69) is 15.8 Å². The highest BCUT2D eigenvalue weighted by molar-refractivity contribution is 7.09. The zero-order valence-corrected chi connectivity index (χ0v) is 9.43. The van der Waals surface area contributed by atoms with Gasteiger partial charge in [0.1, 0.15) is 0 Å². The van der Waals surface area contributed by atoms with Crippen LogP contribution in [0.25, 0.3) is 0 Å². The van der Waals surface area contributed by atoms with Gasteiger partial charge in [-0.25, -0.2) is 4.98 Å². The van der Waals surface area contributed by atoms with Gasteiger partial charge in [-0.15, -0.1) is 11.3 Å². The number of nitrogens with one attached hydrogen (secondary N) is 1. The number of thiazole rings is 1. The summed E-state index contributed by atoms with van der Waals surface area (Å²) in [5.41, 5.74) is 3.86. The number of aromatic nitrogens is 1. The first-order valence-corrected chi connectivity index (χ1v) is 5.50. The fourth-order valence-corrected chi connectivity index (χ4v) is 2.07. The molecular weight excluding hydrogens is 198 g/mol. The van der Waals surface area contributed by atoms with Gasteiger partial charge in [-0.05, 0) is 13.3 Å². The Hall–Kier alpha value is -0.490. The van der Waals surface area contributed by atoms with E-state index < -0.39 is 0 Å². The minimum absolute atomic E-state index is 0.250. The molecule has 14 heavy (non-hydrogen) atoms. The van der Waals surface area contributed by atoms with Gasteiger partial charge in [-0.3, -0.25) is 11.3 Å². The van der Waals surface area contributed by atoms with Crippen LogP contribution in [0.15, 0.2) is 5.38 Å². The van der Waals surface area contributed by atoms with E-state index in [1.807, 2.05) is 6.92 Å². The highest BCUT2D eigenvalue weighted by Crippen LogP contribution is 2.11. The van der Waals surface area contributed by atoms with Crippen LogP contribution in [0.5, 0.6) is 0 Å². The van der Waals surface area contributed by atoms with Crippen molar-refractivity contribution in [1.29, 1.82) is 0 Å². The lowest BCUT2D eigenvalue weighted by Gasteiger charge is -2.13. The summed E-state index contributed by atoms with van der Waals surface area (Å²) in [6.07, 6.45) is 1.78. The Labute approximate surface area is 88.5 Å². The molecule has 0 amide bonds. The lowest BCUT2D eigenvalue weighted by atomic mass is 10.1.